The number of ether oxygens (including phenoxy) is 1. The number of ketones is 1. The maximum atomic E-state index is 13.7. The van der Waals surface area contributed by atoms with E-state index < -0.39 is 110 Å². The van der Waals surface area contributed by atoms with Crippen LogP contribution in [0.25, 0.3) is 0 Å². The topological polar surface area (TPSA) is 364 Å². The predicted molar refractivity (Wildman–Crippen MR) is 251 cm³/mol. The normalized spacial score (nSPS) is 18.5. The molecule has 24 nitrogen and oxygen atoms in total. The van der Waals surface area contributed by atoms with Crippen LogP contribution in [0.3, 0.4) is 0 Å². The first kappa shape index (κ1) is 56.0. The summed E-state index contributed by atoms with van der Waals surface area (Å²) in [5, 5.41) is 56.4. The van der Waals surface area contributed by atoms with Crippen molar-refractivity contribution in [2.45, 2.75) is 114 Å². The molecule has 71 heavy (non-hydrogen) atoms. The molecule has 4 rings (SSSR count). The number of amides is 8. The molecule has 2 heterocycles. The molecule has 24 heteroatoms. The van der Waals surface area contributed by atoms with Crippen molar-refractivity contribution in [1.29, 1.82) is 0 Å². The molecule has 382 valence electrons. The van der Waals surface area contributed by atoms with Gasteiger partial charge in [-0.05, 0) is 31.2 Å². The van der Waals surface area contributed by atoms with Crippen molar-refractivity contribution < 1.29 is 63.2 Å². The van der Waals surface area contributed by atoms with Crippen molar-refractivity contribution in [3.63, 3.8) is 0 Å². The summed E-state index contributed by atoms with van der Waals surface area (Å²) in [4.78, 5) is 115. The third-order valence-electron chi connectivity index (χ3n) is 11.0. The molecule has 0 radical (unpaired) electrons. The first-order valence-corrected chi connectivity index (χ1v) is 22.8. The van der Waals surface area contributed by atoms with Gasteiger partial charge in [0, 0.05) is 57.2 Å². The first-order valence-electron chi connectivity index (χ1n) is 22.8. The fourth-order valence-electron chi connectivity index (χ4n) is 7.40. The van der Waals surface area contributed by atoms with Gasteiger partial charge in [-0.2, -0.15) is 0 Å². The molecular formula is C47H61N11O13. The Labute approximate surface area is 409 Å². The number of aliphatic hydroxyl groups is 3. The van der Waals surface area contributed by atoms with Crippen molar-refractivity contribution >= 4 is 53.0 Å². The summed E-state index contributed by atoms with van der Waals surface area (Å²) < 4.78 is 6.81. The zero-order valence-electron chi connectivity index (χ0n) is 39.3. The highest BCUT2D eigenvalue weighted by molar-refractivity contribution is 6.09. The second-order valence-electron chi connectivity index (χ2n) is 16.7. The first-order chi connectivity index (χ1) is 33.9. The molecule has 0 saturated carbocycles. The smallest absolute Gasteiger partial charge is 0.243 e. The van der Waals surface area contributed by atoms with Crippen LogP contribution in [-0.4, -0.2) is 152 Å². The summed E-state index contributed by atoms with van der Waals surface area (Å²) in [7, 11) is 0. The van der Waals surface area contributed by atoms with Gasteiger partial charge in [0.2, 0.25) is 47.3 Å². The number of carbonyl (C=O) groups excluding carboxylic acids is 9. The van der Waals surface area contributed by atoms with Crippen LogP contribution in [0.15, 0.2) is 60.8 Å². The van der Waals surface area contributed by atoms with E-state index in [1.165, 1.54) is 13.1 Å². The number of unbranched alkanes of at least 4 members (excludes halogenated alkanes) is 2. The van der Waals surface area contributed by atoms with E-state index in [4.69, 9.17) is 16.9 Å². The van der Waals surface area contributed by atoms with Crippen molar-refractivity contribution in [2.75, 3.05) is 26.2 Å². The van der Waals surface area contributed by atoms with E-state index in [0.29, 0.717) is 48.9 Å². The van der Waals surface area contributed by atoms with Gasteiger partial charge in [-0.1, -0.05) is 59.8 Å². The van der Waals surface area contributed by atoms with Crippen LogP contribution in [0.1, 0.15) is 85.8 Å². The number of aromatic nitrogens is 3. The van der Waals surface area contributed by atoms with Gasteiger partial charge >= 0.3 is 0 Å². The molecule has 8 amide bonds. The average Bonchev–Trinajstić information content (AvgIpc) is 3.81. The number of aliphatic hydroxyl groups excluding tert-OH is 3. The van der Waals surface area contributed by atoms with Gasteiger partial charge < -0.3 is 63.0 Å². The number of rotatable bonds is 27. The Kier molecular flexibility index (Phi) is 22.2. The molecule has 0 aliphatic carbocycles. The molecule has 0 bridgehead atoms. The van der Waals surface area contributed by atoms with Crippen LogP contribution >= 0.6 is 0 Å². The molecular weight excluding hydrogens is 927 g/mol. The van der Waals surface area contributed by atoms with E-state index in [0.717, 1.165) is 11.6 Å². The number of nitrogens with two attached hydrogens (primary N) is 1. The Morgan fingerprint density at radius 1 is 0.761 bits per heavy atom. The molecule has 1 saturated heterocycles. The Bertz CT molecular complexity index is 2370. The number of benzene rings is 2. The minimum Gasteiger partial charge on any atom is -0.394 e. The van der Waals surface area contributed by atoms with Gasteiger partial charge in [-0.15, -0.1) is 17.4 Å². The van der Waals surface area contributed by atoms with E-state index in [-0.39, 0.29) is 43.1 Å². The van der Waals surface area contributed by atoms with Gasteiger partial charge in [0.1, 0.15) is 42.5 Å². The largest absolute Gasteiger partial charge is 0.394 e. The molecule has 8 atom stereocenters. The highest BCUT2D eigenvalue weighted by Crippen LogP contribution is 2.28. The Morgan fingerprint density at radius 2 is 1.38 bits per heavy atom. The van der Waals surface area contributed by atoms with Gasteiger partial charge in [-0.25, -0.2) is 4.68 Å². The molecule has 12 N–H and O–H groups in total. The maximum absolute atomic E-state index is 13.7. The Morgan fingerprint density at radius 3 is 1.97 bits per heavy atom. The molecule has 1 aromatic heterocycles. The third kappa shape index (κ3) is 18.0. The summed E-state index contributed by atoms with van der Waals surface area (Å²) in [6, 6.07) is 9.81. The highest BCUT2D eigenvalue weighted by atomic mass is 16.5. The van der Waals surface area contributed by atoms with Gasteiger partial charge in [0.05, 0.1) is 31.6 Å². The van der Waals surface area contributed by atoms with Crippen molar-refractivity contribution in [3.8, 4) is 12.3 Å². The SMILES string of the molecule is C#CCCCC(=O)NCCCCC(NC(=O)CNC(=O)C(Cc1ccc(C(=O)c2ccccc2)cc1)NC(=O)CNC(=O)C(Cc1cn([C@@H]2O[C@H](CO)[C@@H](O)[C@H](O)[C@H]2NC(C)=O)nn1)NC(C)=O)C(N)=O. The van der Waals surface area contributed by atoms with E-state index in [9.17, 15) is 58.5 Å². The molecule has 2 aromatic carbocycles. The minimum absolute atomic E-state index is 0.0997. The van der Waals surface area contributed by atoms with Crippen LogP contribution in [0.4, 0.5) is 0 Å². The van der Waals surface area contributed by atoms with Crippen molar-refractivity contribution in [2.24, 2.45) is 5.73 Å². The third-order valence-corrected chi connectivity index (χ3v) is 11.0. The number of terminal acetylenes is 1. The molecule has 3 aromatic rings. The molecule has 1 aliphatic rings. The summed E-state index contributed by atoms with van der Waals surface area (Å²) in [5.74, 6) is -3.26. The van der Waals surface area contributed by atoms with E-state index in [1.54, 1.807) is 54.6 Å². The van der Waals surface area contributed by atoms with Crippen LogP contribution in [0.2, 0.25) is 0 Å². The van der Waals surface area contributed by atoms with Gasteiger partial charge in [0.15, 0.2) is 12.0 Å². The quantitative estimate of drug-likeness (QED) is 0.0202. The van der Waals surface area contributed by atoms with Crippen LogP contribution < -0.4 is 43.0 Å². The lowest BCUT2D eigenvalue weighted by atomic mass is 9.96. The minimum atomic E-state index is -1.58. The number of carbonyl (C=O) groups is 9. The summed E-state index contributed by atoms with van der Waals surface area (Å²) in [6.07, 6.45) is 2.76. The molecule has 1 fully saturated rings. The number of hydrogen-bond donors (Lipinski definition) is 11. The molecule has 0 spiro atoms. The van der Waals surface area contributed by atoms with E-state index >= 15 is 0 Å². The summed E-state index contributed by atoms with van der Waals surface area (Å²) in [5.41, 5.74) is 6.94. The second kappa shape index (κ2) is 28.2. The van der Waals surface area contributed by atoms with Gasteiger partial charge in [-0.3, -0.25) is 43.2 Å². The van der Waals surface area contributed by atoms with Crippen LogP contribution in [-0.2, 0) is 55.9 Å². The predicted octanol–water partition coefficient (Wildman–Crippen LogP) is -3.31. The fourth-order valence-corrected chi connectivity index (χ4v) is 7.40. The van der Waals surface area contributed by atoms with Crippen molar-refractivity contribution in [1.82, 2.24) is 52.2 Å². The number of hydrogen-bond acceptors (Lipinski definition) is 15. The van der Waals surface area contributed by atoms with E-state index in [1.807, 2.05) is 0 Å². The standard InChI is InChI=1S/C47H61N11O13/c1-4-5-7-15-37(62)49-20-11-10-14-33(44(48)68)54-38(63)23-50-45(69)34(21-29-16-18-31(19-17-29)41(65)30-12-8-6-9-13-30)55-39(64)24-51-46(70)35(52-27(2)60)22-32-25-58(57-56-32)47-40(53-28(3)61)43(67)42(66)36(26-59)71-47/h1,6,8-9,12-13,16-19,25,33-36,40,42-43,47,59,66-67H,5,7,10-11,14-15,20-24,26H2,2-3H3,(H2,48,68)(H,49,62)(H,50,69)(H,51,70)(H,52,60)(H,53,61)(H,54,63)(H,55,64)/t33?,34?,35?,36-,40-,42-,43-,47-/m1/s1. The molecule has 1 aliphatic heterocycles. The monoisotopic (exact) mass is 987 g/mol. The zero-order valence-corrected chi connectivity index (χ0v) is 39.3. The number of nitrogens with one attached hydrogen (secondary N) is 7. The van der Waals surface area contributed by atoms with Crippen molar-refractivity contribution in [3.05, 3.63) is 83.2 Å². The lowest BCUT2D eigenvalue weighted by Crippen LogP contribution is -2.62. The second-order valence-corrected chi connectivity index (χ2v) is 16.7. The highest BCUT2D eigenvalue weighted by Gasteiger charge is 2.46. The van der Waals surface area contributed by atoms with Crippen LogP contribution in [0.5, 0.6) is 0 Å². The van der Waals surface area contributed by atoms with E-state index in [2.05, 4.69) is 53.5 Å². The fraction of sp³-hybridized carbons (Fsp3) is 0.468. The zero-order chi connectivity index (χ0) is 52.0. The van der Waals surface area contributed by atoms with Gasteiger partial charge in [0.25, 0.3) is 0 Å². The average molecular weight is 988 g/mol. The number of nitrogens with zero attached hydrogens (tertiary/aromatic N) is 3. The Hall–Kier alpha value is -7.59. The number of primary amides is 1. The Balaban J connectivity index is 1.41. The molecule has 3 unspecified atom stereocenters. The summed E-state index contributed by atoms with van der Waals surface area (Å²) >= 11 is 0. The maximum Gasteiger partial charge on any atom is 0.243 e. The lowest BCUT2D eigenvalue weighted by Gasteiger charge is -2.42. The van der Waals surface area contributed by atoms with Crippen LogP contribution in [0, 0.1) is 12.3 Å². The lowest BCUT2D eigenvalue weighted by molar-refractivity contribution is -0.219. The summed E-state index contributed by atoms with van der Waals surface area (Å²) in [6.45, 7) is 0.643.